The van der Waals surface area contributed by atoms with Crippen molar-refractivity contribution in [2.45, 2.75) is 13.8 Å². The van der Waals surface area contributed by atoms with Gasteiger partial charge in [0.05, 0.1) is 6.07 Å². The zero-order valence-corrected chi connectivity index (χ0v) is 12.9. The van der Waals surface area contributed by atoms with E-state index in [0.717, 1.165) is 10.9 Å². The van der Waals surface area contributed by atoms with E-state index in [0.29, 0.717) is 16.9 Å². The van der Waals surface area contributed by atoms with E-state index in [4.69, 9.17) is 9.68 Å². The molecule has 1 heterocycles. The van der Waals surface area contributed by atoms with Crippen LogP contribution in [0.15, 0.2) is 53.0 Å². The monoisotopic (exact) mass is 307 g/mol. The Kier molecular flexibility index (Phi) is 5.06. The fourth-order valence-corrected chi connectivity index (χ4v) is 2.18. The molecular weight excluding hydrogens is 290 g/mol. The molecule has 0 saturated carbocycles. The second kappa shape index (κ2) is 7.19. The summed E-state index contributed by atoms with van der Waals surface area (Å²) >= 11 is 0. The Hall–Kier alpha value is -3.19. The lowest BCUT2D eigenvalue weighted by atomic mass is 10.1. The van der Waals surface area contributed by atoms with E-state index in [9.17, 15) is 10.2 Å². The van der Waals surface area contributed by atoms with Crippen molar-refractivity contribution in [1.29, 1.82) is 5.26 Å². The maximum atomic E-state index is 9.74. The van der Waals surface area contributed by atoms with Crippen molar-refractivity contribution >= 4 is 17.0 Å². The fourth-order valence-electron chi connectivity index (χ4n) is 2.18. The molecule has 2 N–H and O–H groups in total. The molecule has 1 aromatic heterocycles. The molecule has 0 amide bonds. The van der Waals surface area contributed by atoms with Crippen LogP contribution in [0.3, 0.4) is 0 Å². The maximum Gasteiger partial charge on any atom is 0.142 e. The molecule has 0 bridgehead atoms. The number of rotatable bonds is 2. The van der Waals surface area contributed by atoms with Gasteiger partial charge in [-0.25, -0.2) is 0 Å². The van der Waals surface area contributed by atoms with Crippen molar-refractivity contribution in [2.75, 3.05) is 0 Å². The molecule has 2 aromatic carbocycles. The van der Waals surface area contributed by atoms with Crippen LogP contribution < -0.4 is 0 Å². The summed E-state index contributed by atoms with van der Waals surface area (Å²) in [4.78, 5) is 0. The molecule has 0 atom stereocenters. The highest BCUT2D eigenvalue weighted by molar-refractivity contribution is 5.91. The fraction of sp³-hybridized carbons (Fsp3) is 0.105. The van der Waals surface area contributed by atoms with Crippen LogP contribution in [-0.2, 0) is 0 Å². The number of hydrogen-bond donors (Lipinski definition) is 2. The molecule has 0 aliphatic rings. The summed E-state index contributed by atoms with van der Waals surface area (Å²) in [5.41, 5.74) is 2.05. The number of fused-ring (bicyclic) bond motifs is 1. The minimum atomic E-state index is 0.109. The number of hydrogen-bond acceptors (Lipinski definition) is 4. The molecule has 0 spiro atoms. The number of phenolic OH excluding ortho intramolecular Hbond substituents is 2. The summed E-state index contributed by atoms with van der Waals surface area (Å²) in [7, 11) is 0. The molecule has 23 heavy (non-hydrogen) atoms. The Balaban J connectivity index is 0.000000924. The second-order valence-corrected chi connectivity index (χ2v) is 4.57. The quantitative estimate of drug-likeness (QED) is 0.648. The molecule has 3 rings (SSSR count). The summed E-state index contributed by atoms with van der Waals surface area (Å²) in [6.45, 7) is 4.00. The number of nitriles is 1. The topological polar surface area (TPSA) is 77.4 Å². The minimum absolute atomic E-state index is 0.109. The maximum absolute atomic E-state index is 9.74. The van der Waals surface area contributed by atoms with Gasteiger partial charge >= 0.3 is 0 Å². The van der Waals surface area contributed by atoms with Gasteiger partial charge in [0.1, 0.15) is 22.8 Å². The van der Waals surface area contributed by atoms with Crippen LogP contribution in [-0.4, -0.2) is 10.2 Å². The molecule has 0 fully saturated rings. The van der Waals surface area contributed by atoms with Crippen molar-refractivity contribution in [3.05, 3.63) is 54.1 Å². The predicted molar refractivity (Wildman–Crippen MR) is 91.0 cm³/mol. The summed E-state index contributed by atoms with van der Waals surface area (Å²) in [5.74, 6) is 0.922. The molecular formula is C19H17NO3. The van der Waals surface area contributed by atoms with Gasteiger partial charge in [0.25, 0.3) is 0 Å². The number of aromatic hydroxyl groups is 2. The van der Waals surface area contributed by atoms with Gasteiger partial charge in [-0.3, -0.25) is 0 Å². The van der Waals surface area contributed by atoms with Crippen LogP contribution in [0.1, 0.15) is 19.4 Å². The van der Waals surface area contributed by atoms with Gasteiger partial charge < -0.3 is 14.6 Å². The number of nitrogens with zero attached hydrogens (tertiary/aromatic N) is 1. The summed E-state index contributed by atoms with van der Waals surface area (Å²) in [6.07, 6.45) is 2.92. The Labute approximate surface area is 134 Å². The van der Waals surface area contributed by atoms with Crippen LogP contribution in [0.4, 0.5) is 0 Å². The number of furan rings is 1. The summed E-state index contributed by atoms with van der Waals surface area (Å²) in [6, 6.07) is 13.5. The largest absolute Gasteiger partial charge is 0.508 e. The number of phenols is 2. The minimum Gasteiger partial charge on any atom is -0.508 e. The Morgan fingerprint density at radius 1 is 1.00 bits per heavy atom. The molecule has 0 saturated heterocycles. The van der Waals surface area contributed by atoms with Crippen molar-refractivity contribution in [1.82, 2.24) is 0 Å². The van der Waals surface area contributed by atoms with Crippen LogP contribution in [0.25, 0.3) is 28.4 Å². The van der Waals surface area contributed by atoms with Gasteiger partial charge in [-0.15, -0.1) is 0 Å². The van der Waals surface area contributed by atoms with E-state index < -0.39 is 0 Å². The highest BCUT2D eigenvalue weighted by Gasteiger charge is 2.10. The van der Waals surface area contributed by atoms with Crippen molar-refractivity contribution in [2.24, 2.45) is 0 Å². The van der Waals surface area contributed by atoms with E-state index in [-0.39, 0.29) is 11.5 Å². The predicted octanol–water partition coefficient (Wildman–Crippen LogP) is 5.07. The van der Waals surface area contributed by atoms with E-state index in [1.807, 2.05) is 26.0 Å². The average molecular weight is 307 g/mol. The van der Waals surface area contributed by atoms with Crippen molar-refractivity contribution < 1.29 is 14.6 Å². The molecule has 4 nitrogen and oxygen atoms in total. The lowest BCUT2D eigenvalue weighted by Gasteiger charge is -1.98. The van der Waals surface area contributed by atoms with Crippen molar-refractivity contribution in [3.8, 4) is 28.9 Å². The van der Waals surface area contributed by atoms with Crippen LogP contribution in [0.5, 0.6) is 11.5 Å². The standard InChI is InChI=1S/C17H11NO3.C2H6/c18-7-1-2-12-8-15(20)9-13-10-16(21-17(12)13)11-3-5-14(19)6-4-11;1-2/h1-6,8-10,19-20H;1-2H3/b2-1+;. The number of allylic oxidation sites excluding steroid dienone is 1. The third-order valence-corrected chi connectivity index (χ3v) is 3.12. The lowest BCUT2D eigenvalue weighted by Crippen LogP contribution is -1.74. The van der Waals surface area contributed by atoms with Gasteiger partial charge in [-0.05, 0) is 48.5 Å². The van der Waals surface area contributed by atoms with E-state index in [1.54, 1.807) is 42.5 Å². The van der Waals surface area contributed by atoms with E-state index >= 15 is 0 Å². The Morgan fingerprint density at radius 2 is 1.70 bits per heavy atom. The van der Waals surface area contributed by atoms with Crippen LogP contribution in [0, 0.1) is 11.3 Å². The van der Waals surface area contributed by atoms with Gasteiger partial charge in [0.2, 0.25) is 0 Å². The van der Waals surface area contributed by atoms with Gasteiger partial charge in [0, 0.05) is 22.6 Å². The zero-order chi connectivity index (χ0) is 16.8. The van der Waals surface area contributed by atoms with E-state index in [2.05, 4.69) is 0 Å². The number of benzene rings is 2. The summed E-state index contributed by atoms with van der Waals surface area (Å²) < 4.78 is 5.82. The molecule has 3 aromatic rings. The first-order valence-corrected chi connectivity index (χ1v) is 7.29. The molecule has 116 valence electrons. The first kappa shape index (κ1) is 16.2. The van der Waals surface area contributed by atoms with Gasteiger partial charge in [-0.2, -0.15) is 5.26 Å². The first-order chi connectivity index (χ1) is 11.2. The highest BCUT2D eigenvalue weighted by atomic mass is 16.3. The molecule has 0 aliphatic carbocycles. The molecule has 0 unspecified atom stereocenters. The third kappa shape index (κ3) is 3.53. The normalized spacial score (nSPS) is 10.3. The SMILES string of the molecule is CC.N#C/C=C/c1cc(O)cc2cc(-c3ccc(O)cc3)oc12. The van der Waals surface area contributed by atoms with Gasteiger partial charge in [-0.1, -0.05) is 13.8 Å². The lowest BCUT2D eigenvalue weighted by molar-refractivity contribution is 0.475. The van der Waals surface area contributed by atoms with Crippen LogP contribution >= 0.6 is 0 Å². The van der Waals surface area contributed by atoms with Gasteiger partial charge in [0.15, 0.2) is 0 Å². The molecule has 0 aliphatic heterocycles. The second-order valence-electron chi connectivity index (χ2n) is 4.57. The van der Waals surface area contributed by atoms with Crippen molar-refractivity contribution in [3.63, 3.8) is 0 Å². The highest BCUT2D eigenvalue weighted by Crippen LogP contribution is 2.33. The molecule has 0 radical (unpaired) electrons. The Morgan fingerprint density at radius 3 is 2.35 bits per heavy atom. The third-order valence-electron chi connectivity index (χ3n) is 3.12. The first-order valence-electron chi connectivity index (χ1n) is 7.29. The summed E-state index contributed by atoms with van der Waals surface area (Å²) in [5, 5.41) is 28.4. The zero-order valence-electron chi connectivity index (χ0n) is 12.9. The van der Waals surface area contributed by atoms with Crippen LogP contribution in [0.2, 0.25) is 0 Å². The van der Waals surface area contributed by atoms with E-state index in [1.165, 1.54) is 6.08 Å². The average Bonchev–Trinajstić information content (AvgIpc) is 2.99. The molecule has 4 heteroatoms. The smallest absolute Gasteiger partial charge is 0.142 e. The Bertz CT molecular complexity index is 868.